The second kappa shape index (κ2) is 19.2. The number of pyridine rings is 2. The van der Waals surface area contributed by atoms with Crippen LogP contribution in [0.1, 0.15) is 74.4 Å². The maximum atomic E-state index is 14.7. The van der Waals surface area contributed by atoms with E-state index in [1.165, 1.54) is 18.6 Å². The molecule has 7 heterocycles. The average Bonchev–Trinajstić information content (AvgIpc) is 4.02. The first-order valence-electron chi connectivity index (χ1n) is 21.8. The highest BCUT2D eigenvalue weighted by atomic mass is 35.5. The average molecular weight is 974 g/mol. The number of hydrogen-bond acceptors (Lipinski definition) is 12. The van der Waals surface area contributed by atoms with Crippen LogP contribution in [-0.4, -0.2) is 68.7 Å². The van der Waals surface area contributed by atoms with Crippen molar-refractivity contribution in [2.45, 2.75) is 82.1 Å². The SMILES string of the molecule is Cc1ccc(S(=O)(=O)n2cc(-c3ncc(F)c(C[C@H]4CCC[C@H](CO)C4)n3)c3cc(Cl)cnc32)cc1.O=c1[nH]c(=O)n([C@H]2CCC[C@H](Cc3nc(-c4c[nH]c5ncc(Cl)cc45)ncc3F)C2)o1. The summed E-state index contributed by atoms with van der Waals surface area (Å²) in [6.45, 7) is 2.01. The number of aliphatic hydroxyl groups excluding tert-OH is 1. The molecular weight excluding hydrogens is 930 g/mol. The minimum absolute atomic E-state index is 0.0854. The number of aryl methyl sites for hydroxylation is 1. The highest BCUT2D eigenvalue weighted by Gasteiger charge is 2.29. The van der Waals surface area contributed by atoms with Gasteiger partial charge in [-0.3, -0.25) is 0 Å². The Balaban J connectivity index is 0.000000170. The van der Waals surface area contributed by atoms with Crippen molar-refractivity contribution in [3.05, 3.63) is 133 Å². The predicted molar refractivity (Wildman–Crippen MR) is 246 cm³/mol. The lowest BCUT2D eigenvalue weighted by Gasteiger charge is -2.28. The lowest BCUT2D eigenvalue weighted by atomic mass is 9.79. The number of nitrogens with zero attached hydrogens (tertiary/aromatic N) is 8. The molecule has 348 valence electrons. The maximum Gasteiger partial charge on any atom is 0.440 e. The van der Waals surface area contributed by atoms with E-state index in [1.807, 2.05) is 6.92 Å². The third kappa shape index (κ3) is 9.82. The number of H-pyrrole nitrogens is 2. The van der Waals surface area contributed by atoms with Gasteiger partial charge in [0.2, 0.25) is 0 Å². The fourth-order valence-corrected chi connectivity index (χ4v) is 10.9. The van der Waals surface area contributed by atoms with Gasteiger partial charge in [-0.25, -0.2) is 65.6 Å². The van der Waals surface area contributed by atoms with E-state index in [4.69, 9.17) is 27.7 Å². The highest BCUT2D eigenvalue weighted by Crippen LogP contribution is 2.36. The molecule has 67 heavy (non-hydrogen) atoms. The van der Waals surface area contributed by atoms with Gasteiger partial charge in [0, 0.05) is 53.3 Å². The number of aromatic nitrogens is 10. The number of halogens is 4. The molecule has 0 unspecified atom stereocenters. The third-order valence-corrected chi connectivity index (χ3v) is 14.6. The normalized spacial score (nSPS) is 18.8. The molecule has 2 aliphatic carbocycles. The van der Waals surface area contributed by atoms with Crippen molar-refractivity contribution < 1.29 is 26.8 Å². The Morgan fingerprint density at radius 3 is 2.06 bits per heavy atom. The van der Waals surface area contributed by atoms with Crippen molar-refractivity contribution in [2.75, 3.05) is 6.61 Å². The van der Waals surface area contributed by atoms with Gasteiger partial charge in [-0.05, 0) is 93.9 Å². The van der Waals surface area contributed by atoms with Gasteiger partial charge in [-0.15, -0.1) is 4.74 Å². The Labute approximate surface area is 391 Å². The van der Waals surface area contributed by atoms with Crippen molar-refractivity contribution in [1.29, 1.82) is 0 Å². The second-order valence-electron chi connectivity index (χ2n) is 17.2. The van der Waals surface area contributed by atoms with Gasteiger partial charge < -0.3 is 14.6 Å². The van der Waals surface area contributed by atoms with Gasteiger partial charge >= 0.3 is 11.4 Å². The second-order valence-corrected chi connectivity index (χ2v) is 19.9. The van der Waals surface area contributed by atoms with Crippen LogP contribution in [0.5, 0.6) is 0 Å². The molecule has 0 amide bonds. The molecular formula is C46H44Cl2F2N10O6S. The van der Waals surface area contributed by atoms with Crippen molar-refractivity contribution in [2.24, 2.45) is 17.8 Å². The third-order valence-electron chi connectivity index (χ3n) is 12.6. The first kappa shape index (κ1) is 46.0. The monoisotopic (exact) mass is 972 g/mol. The lowest BCUT2D eigenvalue weighted by Crippen LogP contribution is -2.27. The number of benzene rings is 1. The summed E-state index contributed by atoms with van der Waals surface area (Å²) in [7, 11) is -3.97. The summed E-state index contributed by atoms with van der Waals surface area (Å²) in [5.74, 6) is -0.642. The van der Waals surface area contributed by atoms with Crippen LogP contribution in [0.3, 0.4) is 0 Å². The van der Waals surface area contributed by atoms with Gasteiger partial charge in [-0.2, -0.15) is 0 Å². The van der Waals surface area contributed by atoms with Crippen molar-refractivity contribution in [3.63, 3.8) is 0 Å². The number of fused-ring (bicyclic) bond motifs is 2. The number of aliphatic hydroxyl groups is 1. The van der Waals surface area contributed by atoms with Gasteiger partial charge in [-0.1, -0.05) is 60.2 Å². The number of nitrogens with one attached hydrogen (secondary N) is 2. The van der Waals surface area contributed by atoms with Crippen LogP contribution >= 0.6 is 23.2 Å². The lowest BCUT2D eigenvalue weighted by molar-refractivity contribution is 0.138. The Morgan fingerprint density at radius 1 is 0.791 bits per heavy atom. The van der Waals surface area contributed by atoms with Gasteiger partial charge in [0.05, 0.1) is 44.8 Å². The smallest absolute Gasteiger partial charge is 0.396 e. The van der Waals surface area contributed by atoms with Crippen LogP contribution in [0.2, 0.25) is 10.0 Å². The molecule has 1 aromatic carbocycles. The number of rotatable bonds is 10. The summed E-state index contributed by atoms with van der Waals surface area (Å²) in [6, 6.07) is 9.68. The molecule has 0 spiro atoms. The minimum Gasteiger partial charge on any atom is -0.396 e. The largest absolute Gasteiger partial charge is 0.440 e. The van der Waals surface area contributed by atoms with Crippen molar-refractivity contribution >= 4 is 55.3 Å². The molecule has 4 atom stereocenters. The number of aromatic amines is 2. The van der Waals surface area contributed by atoms with E-state index in [1.54, 1.807) is 48.8 Å². The molecule has 0 radical (unpaired) electrons. The molecule has 21 heteroatoms. The molecule has 7 aromatic heterocycles. The Bertz CT molecular complexity index is 3340. The molecule has 3 N–H and O–H groups in total. The topological polar surface area (TPSA) is 220 Å². The van der Waals surface area contributed by atoms with Crippen molar-refractivity contribution in [1.82, 2.24) is 48.6 Å². The molecule has 8 aromatic rings. The molecule has 16 nitrogen and oxygen atoms in total. The predicted octanol–water partition coefficient (Wildman–Crippen LogP) is 8.40. The summed E-state index contributed by atoms with van der Waals surface area (Å²) in [6.07, 6.45) is 15.9. The van der Waals surface area contributed by atoms with Crippen LogP contribution < -0.4 is 11.4 Å². The van der Waals surface area contributed by atoms with Gasteiger partial charge in [0.15, 0.2) is 28.9 Å². The van der Waals surface area contributed by atoms with Crippen LogP contribution in [0.15, 0.2) is 92.6 Å². The maximum absolute atomic E-state index is 14.7. The molecule has 2 fully saturated rings. The highest BCUT2D eigenvalue weighted by molar-refractivity contribution is 7.90. The van der Waals surface area contributed by atoms with E-state index < -0.39 is 33.1 Å². The molecule has 0 bridgehead atoms. The van der Waals surface area contributed by atoms with Crippen LogP contribution in [-0.2, 0) is 22.9 Å². The first-order chi connectivity index (χ1) is 32.2. The summed E-state index contributed by atoms with van der Waals surface area (Å²) in [5, 5.41) is 11.6. The number of hydrogen-bond donors (Lipinski definition) is 3. The van der Waals surface area contributed by atoms with E-state index in [0.29, 0.717) is 63.0 Å². The standard InChI is InChI=1S/C26H26ClFN4O3S.C20H18ClFN6O3/c1-16-5-7-20(8-6-16)36(34,35)32-14-22(21-11-19(27)12-30-26(21)32)25-29-13-23(28)24(31-25)10-17-3-2-4-18(9-17)15-33;21-11-6-13-14(8-24-17(13)23-7-11)18-25-9-15(22)16(26-18)5-10-2-1-3-12(4-10)28-19(29)27-20(30)31-28/h5-8,11-14,17-18,33H,2-4,9-10,15H2,1H3;6-10,12H,1-5H2,(H,23,24)(H,27,29,30)/t17-,18-;10-,12-/m00/s1. The molecule has 0 aliphatic heterocycles. The Morgan fingerprint density at radius 2 is 1.40 bits per heavy atom. The summed E-state index contributed by atoms with van der Waals surface area (Å²) in [4.78, 5) is 54.3. The van der Waals surface area contributed by atoms with Crippen LogP contribution in [0.4, 0.5) is 8.78 Å². The van der Waals surface area contributed by atoms with Crippen LogP contribution in [0.25, 0.3) is 44.8 Å². The van der Waals surface area contributed by atoms with E-state index >= 15 is 0 Å². The molecule has 10 rings (SSSR count). The Kier molecular flexibility index (Phi) is 13.2. The quantitative estimate of drug-likeness (QED) is 0.118. The summed E-state index contributed by atoms with van der Waals surface area (Å²) in [5.41, 5.74) is 2.88. The zero-order valence-corrected chi connectivity index (χ0v) is 38.3. The van der Waals surface area contributed by atoms with Gasteiger partial charge in [0.1, 0.15) is 5.65 Å². The zero-order chi connectivity index (χ0) is 47.0. The minimum atomic E-state index is -3.97. The fraction of sp³-hybridized carbons (Fsp3) is 0.348. The van der Waals surface area contributed by atoms with Crippen molar-refractivity contribution in [3.8, 4) is 22.8 Å². The Hall–Kier alpha value is -6.15. The first-order valence-corrected chi connectivity index (χ1v) is 24.0. The van der Waals surface area contributed by atoms with Gasteiger partial charge in [0.25, 0.3) is 10.0 Å². The van der Waals surface area contributed by atoms with E-state index in [9.17, 15) is 31.9 Å². The molecule has 0 saturated heterocycles. The summed E-state index contributed by atoms with van der Waals surface area (Å²) >= 11 is 12.3. The van der Waals surface area contributed by atoms with E-state index in [2.05, 4.69) is 39.9 Å². The fourth-order valence-electron chi connectivity index (χ4n) is 9.25. The van der Waals surface area contributed by atoms with Crippen LogP contribution in [0, 0.1) is 36.3 Å². The van der Waals surface area contributed by atoms with E-state index in [0.717, 1.165) is 70.8 Å². The molecule has 2 saturated carbocycles. The molecule has 2 aliphatic rings. The van der Waals surface area contributed by atoms with E-state index in [-0.39, 0.29) is 52.5 Å². The zero-order valence-electron chi connectivity index (χ0n) is 36.0. The summed E-state index contributed by atoms with van der Waals surface area (Å²) < 4.78 is 63.4.